The molecule has 0 saturated heterocycles. The first-order chi connectivity index (χ1) is 12.4. The molecule has 3 nitrogen and oxygen atoms in total. The van der Waals surface area contributed by atoms with Gasteiger partial charge in [-0.2, -0.15) is 0 Å². The number of amides is 1. The van der Waals surface area contributed by atoms with Gasteiger partial charge in [0.1, 0.15) is 5.60 Å². The maximum atomic E-state index is 12.9. The first-order valence-corrected chi connectivity index (χ1v) is 9.09. The smallest absolute Gasteiger partial charge is 0.411 e. The van der Waals surface area contributed by atoms with Crippen LogP contribution in [0.3, 0.4) is 0 Å². The third-order valence-corrected chi connectivity index (χ3v) is 3.93. The zero-order valence-electron chi connectivity index (χ0n) is 16.2. The van der Waals surface area contributed by atoms with Crippen LogP contribution in [0.4, 0.5) is 4.79 Å². The standard InChI is InChI=1S/C23H29NO2/c1-5-12-21(17-19-13-8-6-9-14-19)24(22(25)26-23(2,3)4)18-20-15-10-7-11-16-20/h5-16,21H,17-18H2,1-4H3/b12-5+/t21-/m1/s1. The third-order valence-electron chi connectivity index (χ3n) is 3.93. The number of benzene rings is 2. The molecule has 3 heteroatoms. The number of nitrogens with zero attached hydrogens (tertiary/aromatic N) is 1. The summed E-state index contributed by atoms with van der Waals surface area (Å²) in [4.78, 5) is 14.8. The minimum atomic E-state index is -0.529. The van der Waals surface area contributed by atoms with Crippen molar-refractivity contribution in [1.82, 2.24) is 4.90 Å². The molecule has 0 unspecified atom stereocenters. The van der Waals surface area contributed by atoms with Gasteiger partial charge in [-0.15, -0.1) is 0 Å². The van der Waals surface area contributed by atoms with Gasteiger partial charge in [0.15, 0.2) is 0 Å². The Bertz CT molecular complexity index is 702. The van der Waals surface area contributed by atoms with Crippen molar-refractivity contribution in [2.24, 2.45) is 0 Å². The van der Waals surface area contributed by atoms with Gasteiger partial charge in [-0.05, 0) is 45.2 Å². The summed E-state index contributed by atoms with van der Waals surface area (Å²) in [7, 11) is 0. The largest absolute Gasteiger partial charge is 0.444 e. The average molecular weight is 351 g/mol. The van der Waals surface area contributed by atoms with Crippen molar-refractivity contribution in [3.8, 4) is 0 Å². The van der Waals surface area contributed by atoms with Gasteiger partial charge in [-0.1, -0.05) is 72.8 Å². The van der Waals surface area contributed by atoms with Gasteiger partial charge in [0.25, 0.3) is 0 Å². The molecule has 0 bridgehead atoms. The summed E-state index contributed by atoms with van der Waals surface area (Å²) in [5.74, 6) is 0. The van der Waals surface area contributed by atoms with Crippen molar-refractivity contribution in [1.29, 1.82) is 0 Å². The van der Waals surface area contributed by atoms with Crippen LogP contribution in [0.1, 0.15) is 38.8 Å². The number of carbonyl (C=O) groups excluding carboxylic acids is 1. The summed E-state index contributed by atoms with van der Waals surface area (Å²) in [6.45, 7) is 8.18. The van der Waals surface area contributed by atoms with Crippen LogP contribution < -0.4 is 0 Å². The number of hydrogen-bond acceptors (Lipinski definition) is 2. The topological polar surface area (TPSA) is 29.5 Å². The molecule has 0 fully saturated rings. The lowest BCUT2D eigenvalue weighted by Gasteiger charge is -2.32. The van der Waals surface area contributed by atoms with E-state index < -0.39 is 5.60 Å². The molecule has 0 aliphatic rings. The molecule has 2 aromatic rings. The first-order valence-electron chi connectivity index (χ1n) is 9.09. The van der Waals surface area contributed by atoms with E-state index in [9.17, 15) is 4.79 Å². The normalized spacial score (nSPS) is 12.8. The molecule has 1 atom stereocenters. The number of carbonyl (C=O) groups is 1. The summed E-state index contributed by atoms with van der Waals surface area (Å²) in [6, 6.07) is 20.2. The first kappa shape index (κ1) is 19.8. The zero-order valence-corrected chi connectivity index (χ0v) is 16.2. The number of rotatable bonds is 6. The lowest BCUT2D eigenvalue weighted by atomic mass is 10.0. The van der Waals surface area contributed by atoms with Gasteiger partial charge in [0, 0.05) is 6.54 Å². The maximum Gasteiger partial charge on any atom is 0.411 e. The van der Waals surface area contributed by atoms with E-state index in [0.29, 0.717) is 6.54 Å². The molecule has 2 rings (SSSR count). The summed E-state index contributed by atoms with van der Waals surface area (Å²) >= 11 is 0. The van der Waals surface area contributed by atoms with Crippen molar-refractivity contribution < 1.29 is 9.53 Å². The molecule has 0 N–H and O–H groups in total. The SMILES string of the molecule is C/C=C/[C@H](Cc1ccccc1)N(Cc1ccccc1)C(=O)OC(C)(C)C. The molecule has 0 spiro atoms. The van der Waals surface area contributed by atoms with Crippen LogP contribution in [0.25, 0.3) is 0 Å². The summed E-state index contributed by atoms with van der Waals surface area (Å²) in [6.07, 6.45) is 4.52. The minimum Gasteiger partial charge on any atom is -0.444 e. The van der Waals surface area contributed by atoms with Gasteiger partial charge in [-0.25, -0.2) is 4.79 Å². The molecule has 138 valence electrons. The highest BCUT2D eigenvalue weighted by atomic mass is 16.6. The van der Waals surface area contributed by atoms with E-state index in [2.05, 4.69) is 18.2 Å². The van der Waals surface area contributed by atoms with Crippen LogP contribution in [0.15, 0.2) is 72.8 Å². The second kappa shape index (κ2) is 9.23. The fourth-order valence-corrected chi connectivity index (χ4v) is 2.78. The van der Waals surface area contributed by atoms with Crippen molar-refractivity contribution in [2.75, 3.05) is 0 Å². The fourth-order valence-electron chi connectivity index (χ4n) is 2.78. The number of allylic oxidation sites excluding steroid dienone is 1. The molecule has 0 heterocycles. The molecule has 2 aromatic carbocycles. The molecular formula is C23H29NO2. The van der Waals surface area contributed by atoms with E-state index >= 15 is 0 Å². The van der Waals surface area contributed by atoms with Gasteiger partial charge in [-0.3, -0.25) is 4.90 Å². The Balaban J connectivity index is 2.29. The molecule has 0 radical (unpaired) electrons. The Labute approximate surface area is 157 Å². The van der Waals surface area contributed by atoms with Crippen molar-refractivity contribution in [3.05, 3.63) is 83.9 Å². The predicted molar refractivity (Wildman–Crippen MR) is 107 cm³/mol. The summed E-state index contributed by atoms with van der Waals surface area (Å²) < 4.78 is 5.69. The summed E-state index contributed by atoms with van der Waals surface area (Å²) in [5, 5.41) is 0. The van der Waals surface area contributed by atoms with Gasteiger partial charge in [0.05, 0.1) is 6.04 Å². The predicted octanol–water partition coefficient (Wildman–Crippen LogP) is 5.61. The quantitative estimate of drug-likeness (QED) is 0.633. The second-order valence-electron chi connectivity index (χ2n) is 7.38. The number of hydrogen-bond donors (Lipinski definition) is 0. The number of ether oxygens (including phenoxy) is 1. The fraction of sp³-hybridized carbons (Fsp3) is 0.348. The van der Waals surface area contributed by atoms with Crippen LogP contribution in [0.5, 0.6) is 0 Å². The maximum absolute atomic E-state index is 12.9. The van der Waals surface area contributed by atoms with E-state index in [0.717, 1.165) is 12.0 Å². The van der Waals surface area contributed by atoms with Crippen molar-refractivity contribution in [2.45, 2.75) is 52.3 Å². The lowest BCUT2D eigenvalue weighted by Crippen LogP contribution is -2.43. The molecular weight excluding hydrogens is 322 g/mol. The molecule has 0 saturated carbocycles. The van der Waals surface area contributed by atoms with Gasteiger partial charge >= 0.3 is 6.09 Å². The van der Waals surface area contributed by atoms with Gasteiger partial charge < -0.3 is 4.74 Å². The van der Waals surface area contributed by atoms with Crippen LogP contribution >= 0.6 is 0 Å². The Morgan fingerprint density at radius 2 is 1.54 bits per heavy atom. The zero-order chi connectivity index (χ0) is 19.0. The average Bonchev–Trinajstić information content (AvgIpc) is 2.59. The highest BCUT2D eigenvalue weighted by Crippen LogP contribution is 2.19. The lowest BCUT2D eigenvalue weighted by molar-refractivity contribution is 0.0180. The van der Waals surface area contributed by atoms with E-state index in [4.69, 9.17) is 4.74 Å². The van der Waals surface area contributed by atoms with E-state index in [-0.39, 0.29) is 12.1 Å². The van der Waals surface area contributed by atoms with Crippen molar-refractivity contribution in [3.63, 3.8) is 0 Å². The molecule has 1 amide bonds. The highest BCUT2D eigenvalue weighted by molar-refractivity contribution is 5.69. The molecule has 0 aliphatic heterocycles. The highest BCUT2D eigenvalue weighted by Gasteiger charge is 2.27. The Morgan fingerprint density at radius 3 is 2.04 bits per heavy atom. The van der Waals surface area contributed by atoms with E-state index in [1.165, 1.54) is 5.56 Å². The van der Waals surface area contributed by atoms with Gasteiger partial charge in [0.2, 0.25) is 0 Å². The molecule has 26 heavy (non-hydrogen) atoms. The van der Waals surface area contributed by atoms with E-state index in [1.54, 1.807) is 0 Å². The molecule has 0 aromatic heterocycles. The van der Waals surface area contributed by atoms with Crippen LogP contribution in [0.2, 0.25) is 0 Å². The molecule has 0 aliphatic carbocycles. The summed E-state index contributed by atoms with van der Waals surface area (Å²) in [5.41, 5.74) is 1.75. The third kappa shape index (κ3) is 6.40. The minimum absolute atomic E-state index is 0.0718. The second-order valence-corrected chi connectivity index (χ2v) is 7.38. The van der Waals surface area contributed by atoms with Crippen LogP contribution in [-0.4, -0.2) is 22.6 Å². The Hall–Kier alpha value is -2.55. The van der Waals surface area contributed by atoms with Crippen LogP contribution in [0, 0.1) is 0 Å². The Kier molecular flexibility index (Phi) is 7.02. The monoisotopic (exact) mass is 351 g/mol. The van der Waals surface area contributed by atoms with E-state index in [1.807, 2.05) is 87.2 Å². The van der Waals surface area contributed by atoms with Crippen molar-refractivity contribution >= 4 is 6.09 Å². The Morgan fingerprint density at radius 1 is 1.00 bits per heavy atom. The van der Waals surface area contributed by atoms with Crippen LogP contribution in [-0.2, 0) is 17.7 Å².